The Hall–Kier alpha value is -1.88. The van der Waals surface area contributed by atoms with Gasteiger partial charge in [0.25, 0.3) is 0 Å². The van der Waals surface area contributed by atoms with E-state index in [4.69, 9.17) is 33.7 Å². The van der Waals surface area contributed by atoms with Crippen LogP contribution in [0.25, 0.3) is 0 Å². The van der Waals surface area contributed by atoms with Crippen molar-refractivity contribution in [1.82, 2.24) is 5.43 Å². The maximum atomic E-state index is 8.51. The molecule has 6 heteroatoms. The molecule has 86 valence electrons. The van der Waals surface area contributed by atoms with Gasteiger partial charge in [-0.25, -0.2) is 0 Å². The maximum absolute atomic E-state index is 8.51. The molecule has 17 heavy (non-hydrogen) atoms. The Kier molecular flexibility index (Phi) is 4.66. The van der Waals surface area contributed by atoms with E-state index in [2.05, 4.69) is 10.9 Å². The fraction of sp³-hybridized carbons (Fsp3) is 0.0909. The smallest absolute Gasteiger partial charge is 0.147 e. The molecule has 1 aromatic carbocycles. The van der Waals surface area contributed by atoms with Gasteiger partial charge in [-0.3, -0.25) is 0 Å². The Bertz CT molecular complexity index is 522. The summed E-state index contributed by atoms with van der Waals surface area (Å²) in [6.07, 6.45) is 1.27. The third-order valence-electron chi connectivity index (χ3n) is 2.00. The molecule has 0 aromatic heterocycles. The van der Waals surface area contributed by atoms with E-state index in [1.165, 1.54) is 6.20 Å². The molecule has 0 heterocycles. The molecule has 2 N–H and O–H groups in total. The second-order valence-electron chi connectivity index (χ2n) is 3.08. The summed E-state index contributed by atoms with van der Waals surface area (Å²) >= 11 is 11.8. The summed E-state index contributed by atoms with van der Waals surface area (Å²) in [5.41, 5.74) is 6.90. The Morgan fingerprint density at radius 2 is 1.94 bits per heavy atom. The molecule has 0 bridgehead atoms. The van der Waals surface area contributed by atoms with Gasteiger partial charge in [-0.15, -0.1) is 0 Å². The quantitative estimate of drug-likeness (QED) is 0.651. The van der Waals surface area contributed by atoms with Gasteiger partial charge in [-0.05, 0) is 24.6 Å². The minimum Gasteiger partial charge on any atom is -0.306 e. The molecule has 1 rings (SSSR count). The van der Waals surface area contributed by atoms with Crippen LogP contribution in [-0.4, -0.2) is 0 Å². The average molecular weight is 267 g/mol. The number of hydrogen-bond acceptors (Lipinski definition) is 4. The third-order valence-corrected chi connectivity index (χ3v) is 2.90. The van der Waals surface area contributed by atoms with Crippen LogP contribution in [-0.2, 0) is 0 Å². The fourth-order valence-corrected chi connectivity index (χ4v) is 1.43. The molecule has 0 fully saturated rings. The summed E-state index contributed by atoms with van der Waals surface area (Å²) in [7, 11) is 0. The lowest BCUT2D eigenvalue weighted by molar-refractivity contribution is 1.04. The number of rotatable bonds is 3. The van der Waals surface area contributed by atoms with Crippen LogP contribution < -0.4 is 10.9 Å². The number of benzene rings is 1. The third kappa shape index (κ3) is 3.29. The molecule has 0 amide bonds. The van der Waals surface area contributed by atoms with Gasteiger partial charge >= 0.3 is 0 Å². The van der Waals surface area contributed by atoms with Crippen LogP contribution in [0.2, 0.25) is 10.0 Å². The van der Waals surface area contributed by atoms with Crippen molar-refractivity contribution >= 4 is 28.9 Å². The number of nitrogens with zero attached hydrogens (tertiary/aromatic N) is 2. The lowest BCUT2D eigenvalue weighted by Gasteiger charge is -2.10. The van der Waals surface area contributed by atoms with E-state index in [0.29, 0.717) is 15.7 Å². The second-order valence-corrected chi connectivity index (χ2v) is 3.87. The van der Waals surface area contributed by atoms with Gasteiger partial charge in [0, 0.05) is 6.20 Å². The molecule has 0 spiro atoms. The fourth-order valence-electron chi connectivity index (χ4n) is 1.06. The predicted molar refractivity (Wildman–Crippen MR) is 67.3 cm³/mol. The minimum atomic E-state index is -0.0322. The Labute approximate surface area is 109 Å². The number of allylic oxidation sites excluding steroid dienone is 1. The van der Waals surface area contributed by atoms with Crippen LogP contribution >= 0.6 is 23.2 Å². The van der Waals surface area contributed by atoms with Crippen LogP contribution in [0.4, 0.5) is 5.69 Å². The highest BCUT2D eigenvalue weighted by molar-refractivity contribution is 6.42. The highest BCUT2D eigenvalue weighted by atomic mass is 35.5. The first-order chi connectivity index (χ1) is 8.10. The number of halogens is 2. The zero-order valence-corrected chi connectivity index (χ0v) is 10.4. The number of nitriles is 2. The van der Waals surface area contributed by atoms with Crippen molar-refractivity contribution in [3.05, 3.63) is 39.5 Å². The normalized spacial score (nSPS) is 8.76. The first kappa shape index (κ1) is 13.2. The lowest BCUT2D eigenvalue weighted by atomic mass is 10.2. The van der Waals surface area contributed by atoms with Crippen molar-refractivity contribution in [2.45, 2.75) is 6.92 Å². The minimum absolute atomic E-state index is 0.0322. The van der Waals surface area contributed by atoms with Gasteiger partial charge in [-0.1, -0.05) is 23.2 Å². The number of anilines is 1. The Balaban J connectivity index is 2.79. The monoisotopic (exact) mass is 266 g/mol. The molecule has 0 saturated carbocycles. The van der Waals surface area contributed by atoms with Crippen molar-refractivity contribution in [3.8, 4) is 12.1 Å². The molecule has 0 saturated heterocycles. The van der Waals surface area contributed by atoms with Gasteiger partial charge in [0.2, 0.25) is 0 Å². The van der Waals surface area contributed by atoms with E-state index in [1.807, 2.05) is 0 Å². The van der Waals surface area contributed by atoms with E-state index in [-0.39, 0.29) is 5.57 Å². The molecular formula is C11H8Cl2N4. The molecule has 1 aromatic rings. The molecule has 4 nitrogen and oxygen atoms in total. The van der Waals surface area contributed by atoms with Gasteiger partial charge in [0.15, 0.2) is 0 Å². The molecule has 0 unspecified atom stereocenters. The van der Waals surface area contributed by atoms with Crippen LogP contribution in [0.3, 0.4) is 0 Å². The van der Waals surface area contributed by atoms with Gasteiger partial charge in [-0.2, -0.15) is 10.5 Å². The van der Waals surface area contributed by atoms with Crippen LogP contribution in [0.1, 0.15) is 5.56 Å². The van der Waals surface area contributed by atoms with Gasteiger partial charge in [0.05, 0.1) is 15.7 Å². The summed E-state index contributed by atoms with van der Waals surface area (Å²) in [6, 6.07) is 6.84. The molecule has 0 aliphatic carbocycles. The van der Waals surface area contributed by atoms with E-state index in [9.17, 15) is 0 Å². The van der Waals surface area contributed by atoms with Crippen molar-refractivity contribution in [2.75, 3.05) is 5.43 Å². The van der Waals surface area contributed by atoms with Crippen LogP contribution in [0, 0.1) is 29.6 Å². The molecule has 0 aliphatic heterocycles. The van der Waals surface area contributed by atoms with Crippen molar-refractivity contribution in [1.29, 1.82) is 10.5 Å². The van der Waals surface area contributed by atoms with Crippen LogP contribution in [0.5, 0.6) is 0 Å². The average Bonchev–Trinajstić information content (AvgIpc) is 2.34. The van der Waals surface area contributed by atoms with E-state index in [0.717, 1.165) is 5.56 Å². The first-order valence-corrected chi connectivity index (χ1v) is 5.32. The van der Waals surface area contributed by atoms with E-state index < -0.39 is 0 Å². The SMILES string of the molecule is Cc1c(NNC=C(C#N)C#N)ccc(Cl)c1Cl. The highest BCUT2D eigenvalue weighted by Crippen LogP contribution is 2.30. The molecular weight excluding hydrogens is 259 g/mol. The van der Waals surface area contributed by atoms with E-state index >= 15 is 0 Å². The van der Waals surface area contributed by atoms with Gasteiger partial charge in [0.1, 0.15) is 17.7 Å². The van der Waals surface area contributed by atoms with Crippen LogP contribution in [0.15, 0.2) is 23.9 Å². The van der Waals surface area contributed by atoms with Crippen molar-refractivity contribution in [2.24, 2.45) is 0 Å². The summed E-state index contributed by atoms with van der Waals surface area (Å²) in [6.45, 7) is 1.80. The van der Waals surface area contributed by atoms with E-state index in [1.54, 1.807) is 31.2 Å². The molecule has 0 aliphatic rings. The van der Waals surface area contributed by atoms with Gasteiger partial charge < -0.3 is 10.9 Å². The number of nitrogens with one attached hydrogen (secondary N) is 2. The van der Waals surface area contributed by atoms with Crippen molar-refractivity contribution in [3.63, 3.8) is 0 Å². The summed E-state index contributed by atoms with van der Waals surface area (Å²) in [5.74, 6) is 0. The molecule has 0 radical (unpaired) electrons. The zero-order valence-electron chi connectivity index (χ0n) is 8.88. The topological polar surface area (TPSA) is 71.6 Å². The lowest BCUT2D eigenvalue weighted by Crippen LogP contribution is -2.16. The predicted octanol–water partition coefficient (Wildman–Crippen LogP) is 3.15. The number of hydrazine groups is 1. The first-order valence-electron chi connectivity index (χ1n) is 4.56. The molecule has 0 atom stereocenters. The highest BCUT2D eigenvalue weighted by Gasteiger charge is 2.05. The standard InChI is InChI=1S/C11H8Cl2N4/c1-7-10(3-2-9(12)11(7)13)17-16-6-8(4-14)5-15/h2-3,6,16-17H,1H3. The largest absolute Gasteiger partial charge is 0.306 e. The second kappa shape index (κ2) is 6.00. The Morgan fingerprint density at radius 3 is 2.53 bits per heavy atom. The maximum Gasteiger partial charge on any atom is 0.147 e. The van der Waals surface area contributed by atoms with Crippen molar-refractivity contribution < 1.29 is 0 Å². The number of hydrogen-bond donors (Lipinski definition) is 2. The summed E-state index contributed by atoms with van der Waals surface area (Å²) < 4.78 is 0. The Morgan fingerprint density at radius 1 is 1.29 bits per heavy atom. The summed E-state index contributed by atoms with van der Waals surface area (Å²) in [4.78, 5) is 0. The summed E-state index contributed by atoms with van der Waals surface area (Å²) in [5, 5.41) is 18.0. The zero-order chi connectivity index (χ0) is 12.8.